The van der Waals surface area contributed by atoms with Gasteiger partial charge < -0.3 is 15.8 Å². The number of ether oxygens (including phenoxy) is 1. The molecule has 0 radical (unpaired) electrons. The Kier molecular flexibility index (Phi) is 2.49. The lowest BCUT2D eigenvalue weighted by atomic mass is 10.0. The molecule has 1 aliphatic heterocycles. The van der Waals surface area contributed by atoms with Crippen molar-refractivity contribution in [3.63, 3.8) is 0 Å². The van der Waals surface area contributed by atoms with Crippen LogP contribution in [0.15, 0.2) is 0 Å². The summed E-state index contributed by atoms with van der Waals surface area (Å²) in [5.74, 6) is 0.159. The maximum atomic E-state index is 11.8. The van der Waals surface area contributed by atoms with Crippen molar-refractivity contribution in [1.29, 1.82) is 0 Å². The summed E-state index contributed by atoms with van der Waals surface area (Å²) in [5, 5.41) is 3.04. The molecule has 0 spiro atoms. The fraction of sp³-hybridized carbons (Fsp3) is 0.900. The first-order chi connectivity index (χ1) is 6.65. The smallest absolute Gasteiger partial charge is 0.226 e. The zero-order chi connectivity index (χ0) is 10.2. The Morgan fingerprint density at radius 2 is 2.36 bits per heavy atom. The van der Waals surface area contributed by atoms with Gasteiger partial charge in [-0.1, -0.05) is 0 Å². The molecular formula is C10H18N2O2. The zero-order valence-electron chi connectivity index (χ0n) is 8.58. The second-order valence-corrected chi connectivity index (χ2v) is 4.55. The first kappa shape index (κ1) is 9.93. The molecule has 1 saturated heterocycles. The summed E-state index contributed by atoms with van der Waals surface area (Å²) in [5.41, 5.74) is 5.53. The fourth-order valence-corrected chi connectivity index (χ4v) is 1.89. The minimum absolute atomic E-state index is 0.0361. The minimum atomic E-state index is -0.0666. The van der Waals surface area contributed by atoms with Crippen LogP contribution in [0.5, 0.6) is 0 Å². The number of rotatable bonds is 3. The van der Waals surface area contributed by atoms with Crippen LogP contribution < -0.4 is 11.1 Å². The van der Waals surface area contributed by atoms with Crippen LogP contribution in [-0.4, -0.2) is 30.7 Å². The zero-order valence-corrected chi connectivity index (χ0v) is 8.58. The molecule has 1 saturated carbocycles. The van der Waals surface area contributed by atoms with Gasteiger partial charge >= 0.3 is 0 Å². The van der Waals surface area contributed by atoms with E-state index in [0.29, 0.717) is 13.2 Å². The van der Waals surface area contributed by atoms with E-state index in [9.17, 15) is 4.79 Å². The lowest BCUT2D eigenvalue weighted by Gasteiger charge is -2.17. The molecule has 2 atom stereocenters. The number of amides is 1. The van der Waals surface area contributed by atoms with Gasteiger partial charge in [-0.2, -0.15) is 0 Å². The normalized spacial score (nSPS) is 34.1. The van der Waals surface area contributed by atoms with Crippen molar-refractivity contribution in [2.45, 2.75) is 37.8 Å². The van der Waals surface area contributed by atoms with Crippen molar-refractivity contribution in [3.8, 4) is 0 Å². The lowest BCUT2D eigenvalue weighted by Crippen LogP contribution is -2.45. The van der Waals surface area contributed by atoms with Crippen molar-refractivity contribution < 1.29 is 9.53 Å². The Morgan fingerprint density at radius 1 is 1.64 bits per heavy atom. The molecule has 1 amide bonds. The van der Waals surface area contributed by atoms with Crippen LogP contribution in [0.1, 0.15) is 26.2 Å². The number of hydrogen-bond acceptors (Lipinski definition) is 3. The van der Waals surface area contributed by atoms with Crippen molar-refractivity contribution >= 4 is 5.91 Å². The predicted molar refractivity (Wildman–Crippen MR) is 52.7 cm³/mol. The molecule has 2 fully saturated rings. The summed E-state index contributed by atoms with van der Waals surface area (Å²) in [4.78, 5) is 11.8. The molecule has 4 heteroatoms. The summed E-state index contributed by atoms with van der Waals surface area (Å²) in [6.07, 6.45) is 3.11. The first-order valence-corrected chi connectivity index (χ1v) is 5.29. The monoisotopic (exact) mass is 198 g/mol. The molecule has 2 aliphatic rings. The van der Waals surface area contributed by atoms with Gasteiger partial charge in [-0.25, -0.2) is 0 Å². The van der Waals surface area contributed by atoms with Crippen molar-refractivity contribution in [2.24, 2.45) is 11.7 Å². The molecule has 2 rings (SSSR count). The first-order valence-electron chi connectivity index (χ1n) is 5.29. The summed E-state index contributed by atoms with van der Waals surface area (Å²) in [6, 6.07) is 0. The van der Waals surface area contributed by atoms with Crippen LogP contribution in [-0.2, 0) is 9.53 Å². The van der Waals surface area contributed by atoms with E-state index < -0.39 is 0 Å². The summed E-state index contributed by atoms with van der Waals surface area (Å²) in [6.45, 7) is 3.12. The molecule has 14 heavy (non-hydrogen) atoms. The highest BCUT2D eigenvalue weighted by Gasteiger charge is 2.44. The molecule has 4 nitrogen and oxygen atoms in total. The third-order valence-corrected chi connectivity index (χ3v) is 3.20. The number of carbonyl (C=O) groups excluding carboxylic acids is 1. The third kappa shape index (κ3) is 1.91. The van der Waals surface area contributed by atoms with Crippen molar-refractivity contribution in [2.75, 3.05) is 13.2 Å². The quantitative estimate of drug-likeness (QED) is 0.672. The van der Waals surface area contributed by atoms with Crippen LogP contribution in [0.2, 0.25) is 0 Å². The topological polar surface area (TPSA) is 64.4 Å². The Labute approximate surface area is 84.2 Å². The highest BCUT2D eigenvalue weighted by Crippen LogP contribution is 2.34. The number of nitrogens with two attached hydrogens (primary N) is 1. The third-order valence-electron chi connectivity index (χ3n) is 3.20. The molecule has 2 unspecified atom stereocenters. The van der Waals surface area contributed by atoms with Gasteiger partial charge in [-0.15, -0.1) is 0 Å². The molecule has 0 aromatic heterocycles. The molecule has 1 heterocycles. The van der Waals surface area contributed by atoms with Gasteiger partial charge in [0.2, 0.25) is 5.91 Å². The van der Waals surface area contributed by atoms with E-state index in [1.165, 1.54) is 0 Å². The van der Waals surface area contributed by atoms with Gasteiger partial charge in [0, 0.05) is 6.54 Å². The maximum absolute atomic E-state index is 11.8. The Hall–Kier alpha value is -0.610. The molecule has 0 bridgehead atoms. The van der Waals surface area contributed by atoms with Gasteiger partial charge in [0.25, 0.3) is 0 Å². The summed E-state index contributed by atoms with van der Waals surface area (Å²) >= 11 is 0. The Bertz CT molecular complexity index is 238. The average molecular weight is 198 g/mol. The van der Waals surface area contributed by atoms with Crippen LogP contribution in [0.25, 0.3) is 0 Å². The second-order valence-electron chi connectivity index (χ2n) is 4.55. The van der Waals surface area contributed by atoms with Gasteiger partial charge in [-0.05, 0) is 26.2 Å². The largest absolute Gasteiger partial charge is 0.378 e. The fourth-order valence-electron chi connectivity index (χ4n) is 1.89. The average Bonchev–Trinajstić information content (AvgIpc) is 2.80. The van der Waals surface area contributed by atoms with Gasteiger partial charge in [0.1, 0.15) is 0 Å². The van der Waals surface area contributed by atoms with E-state index in [-0.39, 0.29) is 23.5 Å². The van der Waals surface area contributed by atoms with E-state index in [1.807, 2.05) is 6.92 Å². The molecule has 80 valence electrons. The molecular weight excluding hydrogens is 180 g/mol. The summed E-state index contributed by atoms with van der Waals surface area (Å²) < 4.78 is 5.36. The van der Waals surface area contributed by atoms with Gasteiger partial charge in [0.15, 0.2) is 0 Å². The summed E-state index contributed by atoms with van der Waals surface area (Å²) in [7, 11) is 0. The highest BCUT2D eigenvalue weighted by molar-refractivity contribution is 5.80. The molecule has 0 aromatic rings. The molecule has 3 N–H and O–H groups in total. The minimum Gasteiger partial charge on any atom is -0.378 e. The van der Waals surface area contributed by atoms with E-state index >= 15 is 0 Å². The van der Waals surface area contributed by atoms with Crippen LogP contribution >= 0.6 is 0 Å². The van der Waals surface area contributed by atoms with E-state index in [2.05, 4.69) is 5.32 Å². The van der Waals surface area contributed by atoms with Gasteiger partial charge in [-0.3, -0.25) is 4.79 Å². The molecule has 1 aliphatic carbocycles. The van der Waals surface area contributed by atoms with E-state index in [0.717, 1.165) is 19.3 Å². The maximum Gasteiger partial charge on any atom is 0.226 e. The van der Waals surface area contributed by atoms with Crippen LogP contribution in [0.4, 0.5) is 0 Å². The highest BCUT2D eigenvalue weighted by atomic mass is 16.5. The van der Waals surface area contributed by atoms with Gasteiger partial charge in [0.05, 0.1) is 24.2 Å². The van der Waals surface area contributed by atoms with E-state index in [4.69, 9.17) is 10.5 Å². The second kappa shape index (κ2) is 3.51. The van der Waals surface area contributed by atoms with Crippen LogP contribution in [0.3, 0.4) is 0 Å². The van der Waals surface area contributed by atoms with E-state index in [1.54, 1.807) is 0 Å². The standard InChI is InChI=1S/C10H18N2O2/c1-7-4-8(5-14-7)9(13)12-10(6-11)2-3-10/h7-8H,2-6,11H2,1H3,(H,12,13). The SMILES string of the molecule is CC1CC(C(=O)NC2(CN)CC2)CO1. The predicted octanol–water partition coefficient (Wildman–Crippen LogP) is 0.0189. The van der Waals surface area contributed by atoms with Crippen molar-refractivity contribution in [1.82, 2.24) is 5.32 Å². The number of hydrogen-bond donors (Lipinski definition) is 2. The molecule has 0 aromatic carbocycles. The Morgan fingerprint density at radius 3 is 2.79 bits per heavy atom. The number of carbonyl (C=O) groups is 1. The Balaban J connectivity index is 1.84. The van der Waals surface area contributed by atoms with Crippen LogP contribution in [0, 0.1) is 5.92 Å². The van der Waals surface area contributed by atoms with Crippen molar-refractivity contribution in [3.05, 3.63) is 0 Å². The lowest BCUT2D eigenvalue weighted by molar-refractivity contribution is -0.125. The number of nitrogens with one attached hydrogen (secondary N) is 1.